The van der Waals surface area contributed by atoms with E-state index in [1.54, 1.807) is 10.8 Å². The summed E-state index contributed by atoms with van der Waals surface area (Å²) < 4.78 is 4.46. The van der Waals surface area contributed by atoms with E-state index in [1.807, 2.05) is 5.38 Å². The molecule has 0 amide bonds. The van der Waals surface area contributed by atoms with Gasteiger partial charge in [-0.2, -0.15) is 11.3 Å². The maximum atomic E-state index is 11.7. The van der Waals surface area contributed by atoms with Gasteiger partial charge in [-0.3, -0.25) is 4.79 Å². The fourth-order valence-electron chi connectivity index (χ4n) is 0.845. The molecule has 0 N–H and O–H groups in total. The molecular weight excluding hydrogens is 272 g/mol. The lowest BCUT2D eigenvalue weighted by Crippen LogP contribution is -2.00. The zero-order chi connectivity index (χ0) is 9.26. The molecule has 0 aromatic carbocycles. The summed E-state index contributed by atoms with van der Waals surface area (Å²) in [6, 6.07) is 0. The molecule has 2 aromatic heterocycles. The van der Waals surface area contributed by atoms with Gasteiger partial charge in [-0.05, 0) is 27.5 Å². The number of rotatable bonds is 2. The fourth-order valence-corrected chi connectivity index (χ4v) is 2.74. The second-order valence-electron chi connectivity index (χ2n) is 2.25. The lowest BCUT2D eigenvalue weighted by atomic mass is 10.2. The Morgan fingerprint density at radius 3 is 2.77 bits per heavy atom. The smallest absolute Gasteiger partial charge is 0.216 e. The van der Waals surface area contributed by atoms with Crippen LogP contribution in [0.5, 0.6) is 0 Å². The van der Waals surface area contributed by atoms with Gasteiger partial charge in [0, 0.05) is 26.2 Å². The molecule has 0 aliphatic rings. The van der Waals surface area contributed by atoms with Gasteiger partial charge >= 0.3 is 0 Å². The highest BCUT2D eigenvalue weighted by Gasteiger charge is 2.15. The Kier molecular flexibility index (Phi) is 2.52. The normalized spacial score (nSPS) is 10.2. The van der Waals surface area contributed by atoms with Crippen molar-refractivity contribution in [1.29, 1.82) is 0 Å². The first kappa shape index (κ1) is 8.98. The number of aromatic nitrogens is 2. The Balaban J connectivity index is 2.39. The summed E-state index contributed by atoms with van der Waals surface area (Å²) in [4.78, 5) is 11.7. The standard InChI is InChI=1S/C7H3BrN2OS2/c8-5-2-12-1-4(5)7(11)6-3-13-10-9-6/h1-3H. The van der Waals surface area contributed by atoms with Gasteiger partial charge < -0.3 is 0 Å². The molecule has 0 unspecified atom stereocenters. The molecule has 2 heterocycles. The summed E-state index contributed by atoms with van der Waals surface area (Å²) in [5.41, 5.74) is 1.06. The third-order valence-electron chi connectivity index (χ3n) is 1.45. The Hall–Kier alpha value is -0.590. The Morgan fingerprint density at radius 2 is 2.23 bits per heavy atom. The van der Waals surface area contributed by atoms with Gasteiger partial charge in [0.25, 0.3) is 0 Å². The van der Waals surface area contributed by atoms with Crippen molar-refractivity contribution in [3.63, 3.8) is 0 Å². The minimum Gasteiger partial charge on any atom is -0.287 e. The Morgan fingerprint density at radius 1 is 1.38 bits per heavy atom. The van der Waals surface area contributed by atoms with Crippen molar-refractivity contribution in [2.24, 2.45) is 0 Å². The topological polar surface area (TPSA) is 42.9 Å². The van der Waals surface area contributed by atoms with E-state index >= 15 is 0 Å². The first-order chi connectivity index (χ1) is 6.29. The molecule has 2 rings (SSSR count). The van der Waals surface area contributed by atoms with Crippen LogP contribution < -0.4 is 0 Å². The molecule has 0 atom stereocenters. The summed E-state index contributed by atoms with van der Waals surface area (Å²) in [5, 5.41) is 9.03. The zero-order valence-corrected chi connectivity index (χ0v) is 9.45. The molecule has 0 bridgehead atoms. The second-order valence-corrected chi connectivity index (χ2v) is 4.46. The predicted octanol–water partition coefficient (Wildman–Crippen LogP) is 2.59. The number of hydrogen-bond donors (Lipinski definition) is 0. The van der Waals surface area contributed by atoms with E-state index in [4.69, 9.17) is 0 Å². The van der Waals surface area contributed by atoms with E-state index < -0.39 is 0 Å². The SMILES string of the molecule is O=C(c1csnn1)c1cscc1Br. The summed E-state index contributed by atoms with van der Waals surface area (Å²) >= 11 is 5.95. The van der Waals surface area contributed by atoms with E-state index in [2.05, 4.69) is 25.5 Å². The molecule has 0 spiro atoms. The van der Waals surface area contributed by atoms with Gasteiger partial charge in [0.1, 0.15) is 5.69 Å². The third kappa shape index (κ3) is 1.70. The molecule has 3 nitrogen and oxygen atoms in total. The van der Waals surface area contributed by atoms with Gasteiger partial charge in [-0.15, -0.1) is 5.10 Å². The largest absolute Gasteiger partial charge is 0.287 e. The summed E-state index contributed by atoms with van der Waals surface area (Å²) in [6.45, 7) is 0. The van der Waals surface area contributed by atoms with Crippen molar-refractivity contribution >= 4 is 44.6 Å². The highest BCUT2D eigenvalue weighted by atomic mass is 79.9. The van der Waals surface area contributed by atoms with Crippen LogP contribution in [0, 0.1) is 0 Å². The minimum absolute atomic E-state index is 0.0816. The van der Waals surface area contributed by atoms with Crippen molar-refractivity contribution in [1.82, 2.24) is 9.59 Å². The molecule has 13 heavy (non-hydrogen) atoms. The lowest BCUT2D eigenvalue weighted by Gasteiger charge is -1.91. The summed E-state index contributed by atoms with van der Waals surface area (Å²) in [6.07, 6.45) is 0. The molecule has 0 fully saturated rings. The van der Waals surface area contributed by atoms with Crippen molar-refractivity contribution in [3.05, 3.63) is 31.9 Å². The predicted molar refractivity (Wildman–Crippen MR) is 55.4 cm³/mol. The van der Waals surface area contributed by atoms with Crippen LogP contribution in [0.4, 0.5) is 0 Å². The summed E-state index contributed by atoms with van der Waals surface area (Å²) in [7, 11) is 0. The third-order valence-corrected chi connectivity index (χ3v) is 3.66. The van der Waals surface area contributed by atoms with Crippen molar-refractivity contribution in [2.45, 2.75) is 0 Å². The second kappa shape index (κ2) is 3.65. The first-order valence-electron chi connectivity index (χ1n) is 3.32. The number of nitrogens with zero attached hydrogens (tertiary/aromatic N) is 2. The number of ketones is 1. The number of hydrogen-bond acceptors (Lipinski definition) is 5. The van der Waals surface area contributed by atoms with Gasteiger partial charge in [0.15, 0.2) is 0 Å². The van der Waals surface area contributed by atoms with Crippen LogP contribution in [-0.4, -0.2) is 15.4 Å². The molecule has 6 heteroatoms. The number of carbonyl (C=O) groups is 1. The van der Waals surface area contributed by atoms with Crippen LogP contribution in [-0.2, 0) is 0 Å². The monoisotopic (exact) mass is 274 g/mol. The number of halogens is 1. The molecule has 0 radical (unpaired) electrons. The van der Waals surface area contributed by atoms with Crippen molar-refractivity contribution < 1.29 is 4.79 Å². The maximum Gasteiger partial charge on any atom is 0.216 e. The molecular formula is C7H3BrN2OS2. The van der Waals surface area contributed by atoms with Crippen molar-refractivity contribution in [3.8, 4) is 0 Å². The van der Waals surface area contributed by atoms with E-state index in [1.165, 1.54) is 22.9 Å². The average molecular weight is 275 g/mol. The highest BCUT2D eigenvalue weighted by molar-refractivity contribution is 9.10. The van der Waals surface area contributed by atoms with E-state index in [-0.39, 0.29) is 5.78 Å². The van der Waals surface area contributed by atoms with Gasteiger partial charge in [0.2, 0.25) is 5.78 Å². The fraction of sp³-hybridized carbons (Fsp3) is 0. The molecule has 2 aromatic rings. The van der Waals surface area contributed by atoms with Crippen molar-refractivity contribution in [2.75, 3.05) is 0 Å². The first-order valence-corrected chi connectivity index (χ1v) is 5.89. The van der Waals surface area contributed by atoms with Crippen LogP contribution in [0.25, 0.3) is 0 Å². The molecule has 0 aliphatic carbocycles. The van der Waals surface area contributed by atoms with Crippen LogP contribution in [0.3, 0.4) is 0 Å². The summed E-state index contributed by atoms with van der Waals surface area (Å²) in [5.74, 6) is -0.0816. The average Bonchev–Trinajstić information content (AvgIpc) is 2.72. The number of thiophene rings is 1. The Labute approximate surface area is 90.7 Å². The maximum absolute atomic E-state index is 11.7. The van der Waals surface area contributed by atoms with Crippen LogP contribution in [0.2, 0.25) is 0 Å². The molecule has 0 aliphatic heterocycles. The van der Waals surface area contributed by atoms with Gasteiger partial charge in [-0.25, -0.2) is 0 Å². The zero-order valence-electron chi connectivity index (χ0n) is 6.23. The quantitative estimate of drug-likeness (QED) is 0.791. The van der Waals surface area contributed by atoms with Gasteiger partial charge in [-0.1, -0.05) is 4.49 Å². The van der Waals surface area contributed by atoms with Gasteiger partial charge in [0.05, 0.1) is 0 Å². The van der Waals surface area contributed by atoms with E-state index in [0.29, 0.717) is 11.3 Å². The van der Waals surface area contributed by atoms with Crippen LogP contribution in [0.1, 0.15) is 16.1 Å². The molecule has 0 saturated carbocycles. The molecule has 66 valence electrons. The van der Waals surface area contributed by atoms with Crippen LogP contribution >= 0.6 is 38.8 Å². The molecule has 0 saturated heterocycles. The Bertz CT molecular complexity index is 423. The van der Waals surface area contributed by atoms with E-state index in [0.717, 1.165) is 4.47 Å². The lowest BCUT2D eigenvalue weighted by molar-refractivity contribution is 0.103. The van der Waals surface area contributed by atoms with E-state index in [9.17, 15) is 4.79 Å². The highest BCUT2D eigenvalue weighted by Crippen LogP contribution is 2.23. The van der Waals surface area contributed by atoms with Crippen LogP contribution in [0.15, 0.2) is 20.6 Å². The number of carbonyl (C=O) groups excluding carboxylic acids is 1. The minimum atomic E-state index is -0.0816.